The Bertz CT molecular complexity index is 4940. The van der Waals surface area contributed by atoms with Gasteiger partial charge in [0.1, 0.15) is 48.0 Å². The number of anilines is 1. The van der Waals surface area contributed by atoms with E-state index in [1.54, 1.807) is 0 Å². The fraction of sp³-hybridized carbons (Fsp3) is 0. The molecular formula is C43H28N12O24S5. The number of phenolic OH excluding ortho intramolecular Hbond substituents is 2. The fourth-order valence-electron chi connectivity index (χ4n) is 7.52. The summed E-state index contributed by atoms with van der Waals surface area (Å²) in [6.45, 7) is -0.227. The van der Waals surface area contributed by atoms with E-state index < -0.39 is 182 Å². The van der Waals surface area contributed by atoms with Gasteiger partial charge in [-0.1, -0.05) is 6.07 Å². The molecule has 0 radical (unpaired) electrons. The summed E-state index contributed by atoms with van der Waals surface area (Å²) < 4.78 is 178. The first-order valence-corrected chi connectivity index (χ1v) is 28.9. The standard InChI is InChI=1S/C43H28N12O24S5/c44-36-29(16-31(81(67,68)69)24-6-9-28(40(58)35(24)36)49-47-27-8-3-21(55(62)63)14-33(27)83(73,74)75)50-45-19-1-5-23-18(11-19)12-34(84(76,77)78)37(39(23)57)51-46-20-2-7-26(32(13-20)82(70,71)72)48-52-38-41(79-17-56)53-54(42(38)59)30-10-4-22(80(64,65)66)15-25(30)43(60)61/h1-17,57-59H,44H2,(H,60,61)(H,64,65,66)(H,67,68,69)(H,70,71,72)(H,73,74,75)(H,76,77,78). The first-order chi connectivity index (χ1) is 39.1. The summed E-state index contributed by atoms with van der Waals surface area (Å²) in [5.41, 5.74) is -1.60. The van der Waals surface area contributed by atoms with Crippen LogP contribution in [-0.2, 0) is 55.4 Å². The van der Waals surface area contributed by atoms with Gasteiger partial charge < -0.3 is 30.9 Å². The highest BCUT2D eigenvalue weighted by Gasteiger charge is 2.29. The van der Waals surface area contributed by atoms with Crippen LogP contribution in [0.3, 0.4) is 0 Å². The van der Waals surface area contributed by atoms with Gasteiger partial charge in [-0.2, -0.15) is 57.0 Å². The zero-order valence-corrected chi connectivity index (χ0v) is 44.6. The van der Waals surface area contributed by atoms with Gasteiger partial charge in [-0.3, -0.25) is 37.7 Å². The summed E-state index contributed by atoms with van der Waals surface area (Å²) in [6, 6.07) is 13.1. The number of nitrogens with two attached hydrogens (primary N) is 1. The Morgan fingerprint density at radius 1 is 0.571 bits per heavy atom. The number of nitrogens with zero attached hydrogens (tertiary/aromatic N) is 11. The molecule has 0 aliphatic carbocycles. The molecular weight excluding hydrogens is 1230 g/mol. The molecule has 1 aromatic heterocycles. The molecule has 7 aromatic carbocycles. The number of fused-ring (bicyclic) bond motifs is 2. The van der Waals surface area contributed by atoms with Crippen molar-refractivity contribution in [2.24, 2.45) is 40.9 Å². The van der Waals surface area contributed by atoms with Crippen molar-refractivity contribution in [2.45, 2.75) is 24.5 Å². The molecule has 84 heavy (non-hydrogen) atoms. The number of carbonyl (C=O) groups excluding carboxylic acids is 1. The number of nitro groups is 1. The Kier molecular flexibility index (Phi) is 15.6. The number of hydrogen-bond donors (Lipinski definition) is 10. The van der Waals surface area contributed by atoms with E-state index in [0.717, 1.165) is 78.9 Å². The number of non-ortho nitro benzene ring substituents is 1. The van der Waals surface area contributed by atoms with Crippen molar-refractivity contribution in [3.05, 3.63) is 113 Å². The average molecular weight is 1260 g/mol. The van der Waals surface area contributed by atoms with Crippen LogP contribution in [0.5, 0.6) is 23.3 Å². The number of nitro benzene ring substituents is 1. The molecule has 0 amide bonds. The lowest BCUT2D eigenvalue weighted by atomic mass is 10.1. The molecule has 36 nitrogen and oxygen atoms in total. The van der Waals surface area contributed by atoms with E-state index in [4.69, 9.17) is 5.73 Å². The van der Waals surface area contributed by atoms with Crippen LogP contribution in [0.15, 0.2) is 162 Å². The second-order valence-electron chi connectivity index (χ2n) is 16.5. The van der Waals surface area contributed by atoms with Crippen LogP contribution in [0, 0.1) is 10.1 Å². The third-order valence-electron chi connectivity index (χ3n) is 11.2. The van der Waals surface area contributed by atoms with Crippen molar-refractivity contribution in [1.29, 1.82) is 0 Å². The monoisotopic (exact) mass is 1260 g/mol. The molecule has 0 aliphatic rings. The molecule has 0 unspecified atom stereocenters. The molecule has 1 heterocycles. The molecule has 0 saturated heterocycles. The molecule has 434 valence electrons. The minimum atomic E-state index is -5.37. The van der Waals surface area contributed by atoms with E-state index in [0.29, 0.717) is 22.9 Å². The third-order valence-corrected chi connectivity index (χ3v) is 15.6. The molecule has 0 bridgehead atoms. The third kappa shape index (κ3) is 12.2. The maximum absolute atomic E-state index is 12.7. The lowest BCUT2D eigenvalue weighted by molar-refractivity contribution is -0.385. The first-order valence-electron chi connectivity index (χ1n) is 21.7. The van der Waals surface area contributed by atoms with Crippen molar-refractivity contribution >= 4 is 141 Å². The predicted octanol–water partition coefficient (Wildman–Crippen LogP) is 7.91. The number of carbonyl (C=O) groups is 2. The Hall–Kier alpha value is -10.2. The number of aromatic nitrogens is 2. The number of carboxylic acid groups (broad SMARTS) is 1. The Balaban J connectivity index is 1.13. The number of azo groups is 4. The Morgan fingerprint density at radius 3 is 1.71 bits per heavy atom. The van der Waals surface area contributed by atoms with Crippen molar-refractivity contribution in [3.63, 3.8) is 0 Å². The maximum Gasteiger partial charge on any atom is 0.337 e. The van der Waals surface area contributed by atoms with E-state index >= 15 is 0 Å². The van der Waals surface area contributed by atoms with Crippen LogP contribution < -0.4 is 10.5 Å². The molecule has 8 rings (SSSR count). The number of rotatable bonds is 18. The van der Waals surface area contributed by atoms with Gasteiger partial charge in [0.2, 0.25) is 11.6 Å². The molecule has 0 fully saturated rings. The van der Waals surface area contributed by atoms with Gasteiger partial charge in [0.05, 0.1) is 43.5 Å². The predicted molar refractivity (Wildman–Crippen MR) is 280 cm³/mol. The summed E-state index contributed by atoms with van der Waals surface area (Å²) in [5, 5.41) is 86.7. The van der Waals surface area contributed by atoms with Crippen molar-refractivity contribution in [1.82, 2.24) is 9.78 Å². The van der Waals surface area contributed by atoms with Gasteiger partial charge in [-0.15, -0.1) is 35.8 Å². The first kappa shape index (κ1) is 59.9. The van der Waals surface area contributed by atoms with Crippen LogP contribution >= 0.6 is 0 Å². The number of phenols is 2. The van der Waals surface area contributed by atoms with Gasteiger partial charge in [-0.25, -0.2) is 4.79 Å². The Morgan fingerprint density at radius 2 is 1.11 bits per heavy atom. The summed E-state index contributed by atoms with van der Waals surface area (Å²) in [7, 11) is -26.0. The molecule has 8 aromatic rings. The quantitative estimate of drug-likeness (QED) is 0.00973. The van der Waals surface area contributed by atoms with Crippen molar-refractivity contribution < 1.29 is 105 Å². The number of hydrogen-bond acceptors (Lipinski definition) is 28. The van der Waals surface area contributed by atoms with Gasteiger partial charge in [0, 0.05) is 22.9 Å². The minimum absolute atomic E-state index is 0.220. The van der Waals surface area contributed by atoms with Crippen molar-refractivity contribution in [2.75, 3.05) is 5.73 Å². The zero-order valence-electron chi connectivity index (χ0n) is 40.5. The highest BCUT2D eigenvalue weighted by atomic mass is 32.2. The van der Waals surface area contributed by atoms with Crippen LogP contribution in [-0.4, -0.2) is 112 Å². The number of nitrogen functional groups attached to an aromatic ring is 1. The van der Waals surface area contributed by atoms with E-state index in [-0.39, 0.29) is 22.9 Å². The van der Waals surface area contributed by atoms with E-state index in [1.165, 1.54) is 0 Å². The molecule has 41 heteroatoms. The average Bonchev–Trinajstić information content (AvgIpc) is 1.17. The largest absolute Gasteiger partial charge is 0.505 e. The second-order valence-corrected chi connectivity index (χ2v) is 23.4. The van der Waals surface area contributed by atoms with Crippen LogP contribution in [0.2, 0.25) is 0 Å². The van der Waals surface area contributed by atoms with Crippen LogP contribution in [0.25, 0.3) is 27.2 Å². The topological polar surface area (TPSA) is 582 Å². The number of carboxylic acids is 1. The molecule has 0 spiro atoms. The lowest BCUT2D eigenvalue weighted by Crippen LogP contribution is -2.09. The van der Waals surface area contributed by atoms with Crippen LogP contribution in [0.4, 0.5) is 56.9 Å². The van der Waals surface area contributed by atoms with E-state index in [1.807, 2.05) is 0 Å². The van der Waals surface area contributed by atoms with Crippen LogP contribution in [0.1, 0.15) is 10.4 Å². The SMILES string of the molecule is Nc1c(N=Nc2ccc3c(O)c(N=Nc4ccc(N=Nc5c(OC=O)nn(-c6ccc(S(=O)(=O)O)cc6C(=O)O)c5O)c(S(=O)(=O)O)c4)c(S(=O)(=O)O)cc3c2)cc(S(=O)(=O)O)c2ccc(N=Nc3ccc([N+](=O)[O-])cc3S(=O)(=O)O)c(O)c12. The molecule has 0 aliphatic heterocycles. The van der Waals surface area contributed by atoms with Crippen molar-refractivity contribution in [3.8, 4) is 28.9 Å². The summed E-state index contributed by atoms with van der Waals surface area (Å²) in [5.74, 6) is -5.79. The summed E-state index contributed by atoms with van der Waals surface area (Å²) in [6.07, 6.45) is 0. The second kappa shape index (κ2) is 21.9. The van der Waals surface area contributed by atoms with E-state index in [2.05, 4.69) is 50.7 Å². The smallest absolute Gasteiger partial charge is 0.337 e. The number of ether oxygens (including phenoxy) is 1. The number of benzene rings is 7. The van der Waals surface area contributed by atoms with Gasteiger partial charge >= 0.3 is 5.97 Å². The summed E-state index contributed by atoms with van der Waals surface area (Å²) in [4.78, 5) is 28.5. The normalized spacial score (nSPS) is 12.8. The number of aromatic carboxylic acids is 1. The lowest BCUT2D eigenvalue weighted by Gasteiger charge is -2.12. The maximum atomic E-state index is 12.7. The van der Waals surface area contributed by atoms with E-state index in [9.17, 15) is 105 Å². The highest BCUT2D eigenvalue weighted by molar-refractivity contribution is 7.87. The summed E-state index contributed by atoms with van der Waals surface area (Å²) >= 11 is 0. The highest BCUT2D eigenvalue weighted by Crippen LogP contribution is 2.47. The van der Waals surface area contributed by atoms with Gasteiger partial charge in [-0.05, 0) is 84.2 Å². The Labute approximate surface area is 466 Å². The fourth-order valence-corrected chi connectivity index (χ4v) is 10.7. The molecule has 0 saturated carbocycles. The van der Waals surface area contributed by atoms with Gasteiger partial charge in [0.25, 0.3) is 68.6 Å². The minimum Gasteiger partial charge on any atom is -0.505 e. The molecule has 0 atom stereocenters. The zero-order chi connectivity index (χ0) is 61.8. The molecule has 11 N–H and O–H groups in total. The van der Waals surface area contributed by atoms with Gasteiger partial charge in [0.15, 0.2) is 11.5 Å². The number of aromatic hydroxyl groups is 3.